The van der Waals surface area contributed by atoms with Gasteiger partial charge in [0, 0.05) is 48.6 Å². The fourth-order valence-corrected chi connectivity index (χ4v) is 4.05. The monoisotopic (exact) mass is 398 g/mol. The van der Waals surface area contributed by atoms with Crippen LogP contribution in [0.2, 0.25) is 0 Å². The van der Waals surface area contributed by atoms with E-state index in [4.69, 9.17) is 4.74 Å². The molecule has 4 nitrogen and oxygen atoms in total. The molecule has 1 aromatic heterocycles. The summed E-state index contributed by atoms with van der Waals surface area (Å²) >= 11 is 0. The Kier molecular flexibility index (Phi) is 5.84. The van der Waals surface area contributed by atoms with Crippen molar-refractivity contribution in [2.45, 2.75) is 18.9 Å². The fraction of sp³-hybridized carbons (Fsp3) is 0.192. The van der Waals surface area contributed by atoms with Crippen molar-refractivity contribution in [2.75, 3.05) is 7.11 Å². The van der Waals surface area contributed by atoms with Crippen LogP contribution in [0.25, 0.3) is 10.9 Å². The van der Waals surface area contributed by atoms with Crippen molar-refractivity contribution in [3.05, 3.63) is 102 Å². The van der Waals surface area contributed by atoms with E-state index in [9.17, 15) is 4.79 Å². The van der Waals surface area contributed by atoms with Gasteiger partial charge in [-0.25, -0.2) is 0 Å². The predicted molar refractivity (Wildman–Crippen MR) is 121 cm³/mol. The van der Waals surface area contributed by atoms with Gasteiger partial charge in [-0.1, -0.05) is 66.7 Å². The van der Waals surface area contributed by atoms with E-state index in [0.717, 1.165) is 33.3 Å². The second-order valence-electron chi connectivity index (χ2n) is 7.47. The summed E-state index contributed by atoms with van der Waals surface area (Å²) in [5.41, 5.74) is 4.39. The summed E-state index contributed by atoms with van der Waals surface area (Å²) in [5, 5.41) is 4.23. The van der Waals surface area contributed by atoms with Gasteiger partial charge >= 0.3 is 0 Å². The second-order valence-corrected chi connectivity index (χ2v) is 7.47. The zero-order chi connectivity index (χ0) is 20.9. The molecule has 30 heavy (non-hydrogen) atoms. The molecule has 1 atom stereocenters. The van der Waals surface area contributed by atoms with Gasteiger partial charge < -0.3 is 14.6 Å². The maximum Gasteiger partial charge on any atom is 0.221 e. The molecule has 0 saturated carbocycles. The number of nitrogens with zero attached hydrogens (tertiary/aromatic N) is 1. The van der Waals surface area contributed by atoms with Gasteiger partial charge in [-0.3, -0.25) is 4.79 Å². The van der Waals surface area contributed by atoms with E-state index in [-0.39, 0.29) is 11.8 Å². The minimum atomic E-state index is -0.108. The first-order valence-electron chi connectivity index (χ1n) is 10.1. The minimum absolute atomic E-state index is 0.0164. The number of hydrogen-bond donors (Lipinski definition) is 1. The average molecular weight is 399 g/mol. The van der Waals surface area contributed by atoms with E-state index in [1.54, 1.807) is 7.11 Å². The lowest BCUT2D eigenvalue weighted by atomic mass is 9.87. The summed E-state index contributed by atoms with van der Waals surface area (Å²) < 4.78 is 7.76. The number of rotatable bonds is 7. The smallest absolute Gasteiger partial charge is 0.221 e. The van der Waals surface area contributed by atoms with Crippen LogP contribution in [0.5, 0.6) is 5.75 Å². The number of carbonyl (C=O) groups excluding carboxylic acids is 1. The molecular formula is C26H26N2O2. The molecule has 4 rings (SSSR count). The summed E-state index contributed by atoms with van der Waals surface area (Å²) in [6.07, 6.45) is 2.48. The molecule has 0 bridgehead atoms. The van der Waals surface area contributed by atoms with Crippen LogP contribution < -0.4 is 10.1 Å². The summed E-state index contributed by atoms with van der Waals surface area (Å²) in [7, 11) is 3.72. The van der Waals surface area contributed by atoms with Crippen LogP contribution >= 0.6 is 0 Å². The first-order chi connectivity index (χ1) is 14.7. The number of nitrogens with one attached hydrogen (secondary N) is 1. The van der Waals surface area contributed by atoms with E-state index in [1.165, 1.54) is 0 Å². The Hall–Kier alpha value is -3.53. The molecule has 0 unspecified atom stereocenters. The second kappa shape index (κ2) is 8.87. The molecule has 0 aliphatic heterocycles. The molecule has 1 N–H and O–H groups in total. The van der Waals surface area contributed by atoms with Crippen LogP contribution in [0, 0.1) is 0 Å². The Labute approximate surface area is 177 Å². The molecule has 152 valence electrons. The largest absolute Gasteiger partial charge is 0.496 e. The normalized spacial score (nSPS) is 11.9. The maximum atomic E-state index is 13.0. The van der Waals surface area contributed by atoms with E-state index >= 15 is 0 Å². The third kappa shape index (κ3) is 4.08. The van der Waals surface area contributed by atoms with Crippen molar-refractivity contribution < 1.29 is 9.53 Å². The molecule has 0 spiro atoms. The SMILES string of the molecule is COc1ccccc1[C@H](CC(=O)NCc1ccccc1)c1cn(C)c2ccccc12. The van der Waals surface area contributed by atoms with E-state index in [1.807, 2.05) is 67.7 Å². The van der Waals surface area contributed by atoms with Gasteiger partial charge in [0.15, 0.2) is 0 Å². The molecule has 0 aliphatic rings. The van der Waals surface area contributed by atoms with Crippen molar-refractivity contribution in [3.63, 3.8) is 0 Å². The summed E-state index contributed by atoms with van der Waals surface area (Å²) in [6, 6.07) is 26.2. The van der Waals surface area contributed by atoms with Gasteiger partial charge in [-0.05, 0) is 23.3 Å². The van der Waals surface area contributed by atoms with E-state index < -0.39 is 0 Å². The fourth-order valence-electron chi connectivity index (χ4n) is 4.05. The van der Waals surface area contributed by atoms with Crippen molar-refractivity contribution >= 4 is 16.8 Å². The van der Waals surface area contributed by atoms with Gasteiger partial charge in [-0.15, -0.1) is 0 Å². The Morgan fingerprint density at radius 3 is 2.43 bits per heavy atom. The van der Waals surface area contributed by atoms with Crippen LogP contribution in [-0.4, -0.2) is 17.6 Å². The van der Waals surface area contributed by atoms with Crippen LogP contribution in [0.3, 0.4) is 0 Å². The number of ether oxygens (including phenoxy) is 1. The average Bonchev–Trinajstić information content (AvgIpc) is 3.13. The molecule has 1 amide bonds. The molecule has 0 saturated heterocycles. The molecule has 4 heteroatoms. The van der Waals surface area contributed by atoms with Crippen LogP contribution in [0.4, 0.5) is 0 Å². The lowest BCUT2D eigenvalue weighted by molar-refractivity contribution is -0.121. The summed E-state index contributed by atoms with van der Waals surface area (Å²) in [6.45, 7) is 0.522. The molecule has 0 aliphatic carbocycles. The molecule has 4 aromatic rings. The highest BCUT2D eigenvalue weighted by Crippen LogP contribution is 2.38. The highest BCUT2D eigenvalue weighted by Gasteiger charge is 2.24. The third-order valence-corrected chi connectivity index (χ3v) is 5.54. The number of carbonyl (C=O) groups is 1. The van der Waals surface area contributed by atoms with Crippen molar-refractivity contribution in [1.82, 2.24) is 9.88 Å². The minimum Gasteiger partial charge on any atom is -0.496 e. The number of fused-ring (bicyclic) bond motifs is 1. The number of para-hydroxylation sites is 2. The zero-order valence-electron chi connectivity index (χ0n) is 17.3. The molecule has 3 aromatic carbocycles. The summed E-state index contributed by atoms with van der Waals surface area (Å²) in [4.78, 5) is 13.0. The topological polar surface area (TPSA) is 43.3 Å². The Bertz CT molecular complexity index is 1150. The number of amides is 1. The summed E-state index contributed by atoms with van der Waals surface area (Å²) in [5.74, 6) is 0.706. The lowest BCUT2D eigenvalue weighted by Gasteiger charge is -2.20. The third-order valence-electron chi connectivity index (χ3n) is 5.54. The highest BCUT2D eigenvalue weighted by atomic mass is 16.5. The lowest BCUT2D eigenvalue weighted by Crippen LogP contribution is -2.25. The van der Waals surface area contributed by atoms with E-state index in [0.29, 0.717) is 13.0 Å². The first-order valence-corrected chi connectivity index (χ1v) is 10.1. The molecular weight excluding hydrogens is 372 g/mol. The van der Waals surface area contributed by atoms with Gasteiger partial charge in [-0.2, -0.15) is 0 Å². The number of hydrogen-bond acceptors (Lipinski definition) is 2. The number of methoxy groups -OCH3 is 1. The molecule has 1 heterocycles. The first kappa shape index (κ1) is 19.8. The molecule has 0 radical (unpaired) electrons. The quantitative estimate of drug-likeness (QED) is 0.475. The maximum absolute atomic E-state index is 13.0. The van der Waals surface area contributed by atoms with Crippen LogP contribution in [0.1, 0.15) is 29.0 Å². The van der Waals surface area contributed by atoms with Crippen molar-refractivity contribution in [3.8, 4) is 5.75 Å². The standard InChI is InChI=1S/C26H26N2O2/c1-28-18-23(20-12-6-8-14-24(20)28)22(21-13-7-9-15-25(21)30-2)16-26(29)27-17-19-10-4-3-5-11-19/h3-15,18,22H,16-17H2,1-2H3,(H,27,29)/t22-/m0/s1. The Balaban J connectivity index is 1.68. The predicted octanol–water partition coefficient (Wildman–Crippen LogP) is 5.03. The van der Waals surface area contributed by atoms with Crippen molar-refractivity contribution in [1.29, 1.82) is 0 Å². The van der Waals surface area contributed by atoms with E-state index in [2.05, 4.69) is 34.3 Å². The van der Waals surface area contributed by atoms with Gasteiger partial charge in [0.05, 0.1) is 7.11 Å². The Morgan fingerprint density at radius 1 is 0.933 bits per heavy atom. The van der Waals surface area contributed by atoms with Crippen molar-refractivity contribution in [2.24, 2.45) is 7.05 Å². The number of aryl methyl sites for hydroxylation is 1. The Morgan fingerprint density at radius 2 is 1.63 bits per heavy atom. The zero-order valence-corrected chi connectivity index (χ0v) is 17.3. The number of benzene rings is 3. The van der Waals surface area contributed by atoms with Crippen LogP contribution in [0.15, 0.2) is 85.1 Å². The molecule has 0 fully saturated rings. The van der Waals surface area contributed by atoms with Gasteiger partial charge in [0.2, 0.25) is 5.91 Å². The number of aromatic nitrogens is 1. The van der Waals surface area contributed by atoms with Gasteiger partial charge in [0.1, 0.15) is 5.75 Å². The highest BCUT2D eigenvalue weighted by molar-refractivity contribution is 5.86. The van der Waals surface area contributed by atoms with Gasteiger partial charge in [0.25, 0.3) is 0 Å². The van der Waals surface area contributed by atoms with Crippen LogP contribution in [-0.2, 0) is 18.4 Å².